The fourth-order valence-electron chi connectivity index (χ4n) is 2.82. The molecule has 1 amide bonds. The smallest absolute Gasteiger partial charge is 0.225 e. The molecule has 2 atom stereocenters. The van der Waals surface area contributed by atoms with Gasteiger partial charge in [0.1, 0.15) is 5.82 Å². The van der Waals surface area contributed by atoms with Gasteiger partial charge in [0.15, 0.2) is 0 Å². The molecular weight excluding hydrogens is 330 g/mol. The van der Waals surface area contributed by atoms with Crippen LogP contribution in [0.3, 0.4) is 0 Å². The molecule has 1 aliphatic rings. The average molecular weight is 354 g/mol. The van der Waals surface area contributed by atoms with Crippen LogP contribution >= 0.6 is 15.9 Å². The molecule has 0 radical (unpaired) electrons. The molecule has 21 heavy (non-hydrogen) atoms. The molecule has 116 valence electrons. The van der Waals surface area contributed by atoms with Crippen LogP contribution in [0.15, 0.2) is 22.8 Å². The standard InChI is InChI=1S/C16H24BrN3O/c1-3-5-12(2)19-16(21)13-6-4-9-20(11-13)15-8-7-14(17)10-18-15/h7-8,10,12-13H,3-6,9,11H2,1-2H3,(H,19,21). The summed E-state index contributed by atoms with van der Waals surface area (Å²) in [4.78, 5) is 19.0. The first-order valence-electron chi connectivity index (χ1n) is 7.77. The first-order chi connectivity index (χ1) is 10.1. The van der Waals surface area contributed by atoms with Gasteiger partial charge in [-0.15, -0.1) is 0 Å². The Labute approximate surface area is 135 Å². The number of piperidine rings is 1. The highest BCUT2D eigenvalue weighted by molar-refractivity contribution is 9.10. The Morgan fingerprint density at radius 3 is 3.05 bits per heavy atom. The molecule has 1 N–H and O–H groups in total. The molecule has 5 heteroatoms. The number of carbonyl (C=O) groups excluding carboxylic acids is 1. The second-order valence-corrected chi connectivity index (χ2v) is 6.73. The number of anilines is 1. The Bertz CT molecular complexity index is 463. The summed E-state index contributed by atoms with van der Waals surface area (Å²) >= 11 is 3.40. The van der Waals surface area contributed by atoms with Crippen molar-refractivity contribution in [2.45, 2.75) is 45.6 Å². The van der Waals surface area contributed by atoms with Crippen molar-refractivity contribution in [3.63, 3.8) is 0 Å². The van der Waals surface area contributed by atoms with E-state index in [9.17, 15) is 4.79 Å². The molecule has 2 unspecified atom stereocenters. The molecule has 1 aliphatic heterocycles. The van der Waals surface area contributed by atoms with Crippen LogP contribution in [0.2, 0.25) is 0 Å². The highest BCUT2D eigenvalue weighted by Crippen LogP contribution is 2.23. The second-order valence-electron chi connectivity index (χ2n) is 5.82. The average Bonchev–Trinajstić information content (AvgIpc) is 2.48. The monoisotopic (exact) mass is 353 g/mol. The Morgan fingerprint density at radius 1 is 1.57 bits per heavy atom. The minimum atomic E-state index is 0.0727. The second kappa shape index (κ2) is 7.78. The fourth-order valence-corrected chi connectivity index (χ4v) is 3.05. The summed E-state index contributed by atoms with van der Waals surface area (Å²) < 4.78 is 0.978. The zero-order chi connectivity index (χ0) is 15.2. The number of halogens is 1. The van der Waals surface area contributed by atoms with E-state index in [0.29, 0.717) is 0 Å². The number of hydrogen-bond donors (Lipinski definition) is 1. The lowest BCUT2D eigenvalue weighted by molar-refractivity contribution is -0.125. The summed E-state index contributed by atoms with van der Waals surface area (Å²) in [6, 6.07) is 4.27. The highest BCUT2D eigenvalue weighted by Gasteiger charge is 2.27. The summed E-state index contributed by atoms with van der Waals surface area (Å²) in [5.74, 6) is 1.22. The number of rotatable bonds is 5. The number of aromatic nitrogens is 1. The van der Waals surface area contributed by atoms with E-state index in [2.05, 4.69) is 45.0 Å². The zero-order valence-electron chi connectivity index (χ0n) is 12.8. The maximum absolute atomic E-state index is 12.3. The van der Waals surface area contributed by atoms with Crippen LogP contribution in [0.1, 0.15) is 39.5 Å². The molecule has 1 aromatic rings. The van der Waals surface area contributed by atoms with Gasteiger partial charge in [-0.3, -0.25) is 4.79 Å². The van der Waals surface area contributed by atoms with Crippen molar-refractivity contribution in [1.29, 1.82) is 0 Å². The molecule has 0 bridgehead atoms. The summed E-state index contributed by atoms with van der Waals surface area (Å²) in [5.41, 5.74) is 0. The SMILES string of the molecule is CCCC(C)NC(=O)C1CCCN(c2ccc(Br)cn2)C1. The molecule has 4 nitrogen and oxygen atoms in total. The van der Waals surface area contributed by atoms with Crippen LogP contribution in [0.25, 0.3) is 0 Å². The molecular formula is C16H24BrN3O. The molecule has 1 aromatic heterocycles. The Hall–Kier alpha value is -1.10. The van der Waals surface area contributed by atoms with Crippen molar-refractivity contribution in [2.75, 3.05) is 18.0 Å². The van der Waals surface area contributed by atoms with Crippen molar-refractivity contribution in [2.24, 2.45) is 5.92 Å². The molecule has 0 saturated carbocycles. The molecule has 0 spiro atoms. The minimum Gasteiger partial charge on any atom is -0.356 e. The number of carbonyl (C=O) groups is 1. The van der Waals surface area contributed by atoms with Crippen LogP contribution in [-0.4, -0.2) is 30.0 Å². The quantitative estimate of drug-likeness (QED) is 0.882. The zero-order valence-corrected chi connectivity index (χ0v) is 14.4. The van der Waals surface area contributed by atoms with E-state index in [1.54, 1.807) is 0 Å². The molecule has 1 saturated heterocycles. The van der Waals surface area contributed by atoms with E-state index < -0.39 is 0 Å². The van der Waals surface area contributed by atoms with E-state index in [1.807, 2.05) is 18.3 Å². The van der Waals surface area contributed by atoms with Gasteiger partial charge in [-0.2, -0.15) is 0 Å². The maximum Gasteiger partial charge on any atom is 0.225 e. The van der Waals surface area contributed by atoms with Crippen molar-refractivity contribution < 1.29 is 4.79 Å². The van der Waals surface area contributed by atoms with Crippen molar-refractivity contribution >= 4 is 27.7 Å². The van der Waals surface area contributed by atoms with Gasteiger partial charge in [0.2, 0.25) is 5.91 Å². The van der Waals surface area contributed by atoms with E-state index in [4.69, 9.17) is 0 Å². The van der Waals surface area contributed by atoms with Gasteiger partial charge in [0.25, 0.3) is 0 Å². The third-order valence-electron chi connectivity index (χ3n) is 3.94. The van der Waals surface area contributed by atoms with Gasteiger partial charge in [0, 0.05) is 29.8 Å². The highest BCUT2D eigenvalue weighted by atomic mass is 79.9. The molecule has 2 rings (SSSR count). The number of nitrogens with zero attached hydrogens (tertiary/aromatic N) is 2. The summed E-state index contributed by atoms with van der Waals surface area (Å²) in [6.07, 6.45) is 5.95. The van der Waals surface area contributed by atoms with Crippen LogP contribution < -0.4 is 10.2 Å². The normalized spacial score (nSPS) is 20.1. The maximum atomic E-state index is 12.3. The Balaban J connectivity index is 1.94. The van der Waals surface area contributed by atoms with Crippen LogP contribution in [-0.2, 0) is 4.79 Å². The largest absolute Gasteiger partial charge is 0.356 e. The topological polar surface area (TPSA) is 45.2 Å². The predicted octanol–water partition coefficient (Wildman–Crippen LogP) is 3.37. The summed E-state index contributed by atoms with van der Waals surface area (Å²) in [5, 5.41) is 3.14. The van der Waals surface area contributed by atoms with Gasteiger partial charge in [-0.05, 0) is 54.2 Å². The van der Waals surface area contributed by atoms with Crippen LogP contribution in [0.5, 0.6) is 0 Å². The van der Waals surface area contributed by atoms with Crippen LogP contribution in [0.4, 0.5) is 5.82 Å². The van der Waals surface area contributed by atoms with Gasteiger partial charge in [0.05, 0.1) is 5.92 Å². The first kappa shape index (κ1) is 16.3. The summed E-state index contributed by atoms with van der Waals surface area (Å²) in [7, 11) is 0. The molecule has 2 heterocycles. The number of hydrogen-bond acceptors (Lipinski definition) is 3. The third-order valence-corrected chi connectivity index (χ3v) is 4.41. The molecule has 0 aliphatic carbocycles. The number of pyridine rings is 1. The predicted molar refractivity (Wildman–Crippen MR) is 89.4 cm³/mol. The van der Waals surface area contributed by atoms with Crippen molar-refractivity contribution in [3.8, 4) is 0 Å². The lowest BCUT2D eigenvalue weighted by Crippen LogP contribution is -2.45. The summed E-state index contributed by atoms with van der Waals surface area (Å²) in [6.45, 7) is 5.96. The number of nitrogens with one attached hydrogen (secondary N) is 1. The lowest BCUT2D eigenvalue weighted by atomic mass is 9.96. The van der Waals surface area contributed by atoms with E-state index in [1.165, 1.54) is 0 Å². The Morgan fingerprint density at radius 2 is 2.38 bits per heavy atom. The van der Waals surface area contributed by atoms with Gasteiger partial charge in [-0.1, -0.05) is 13.3 Å². The van der Waals surface area contributed by atoms with Crippen molar-refractivity contribution in [1.82, 2.24) is 10.3 Å². The third kappa shape index (κ3) is 4.70. The number of amides is 1. The van der Waals surface area contributed by atoms with E-state index in [-0.39, 0.29) is 17.9 Å². The van der Waals surface area contributed by atoms with Crippen LogP contribution in [0, 0.1) is 5.92 Å². The van der Waals surface area contributed by atoms with Gasteiger partial charge < -0.3 is 10.2 Å². The lowest BCUT2D eigenvalue weighted by Gasteiger charge is -2.33. The van der Waals surface area contributed by atoms with Crippen molar-refractivity contribution in [3.05, 3.63) is 22.8 Å². The minimum absolute atomic E-state index is 0.0727. The van der Waals surface area contributed by atoms with Gasteiger partial charge >= 0.3 is 0 Å². The fraction of sp³-hybridized carbons (Fsp3) is 0.625. The first-order valence-corrected chi connectivity index (χ1v) is 8.56. The van der Waals surface area contributed by atoms with Gasteiger partial charge in [-0.25, -0.2) is 4.98 Å². The molecule has 0 aromatic carbocycles. The molecule has 1 fully saturated rings. The van der Waals surface area contributed by atoms with E-state index >= 15 is 0 Å². The Kier molecular flexibility index (Phi) is 6.03. The van der Waals surface area contributed by atoms with E-state index in [0.717, 1.165) is 49.1 Å².